The van der Waals surface area contributed by atoms with E-state index in [1.807, 2.05) is 41.5 Å². The van der Waals surface area contributed by atoms with Gasteiger partial charge in [0.25, 0.3) is 0 Å². The standard InChI is InChI=1S/C23H32N4O5S/c1-9-17-15(5)20(24-25-22-16(6)23(32-10-2)33-26-22)13(3)14(4)21(17)27(11-18(28)30-7)12-19(29)31-8/h9-12H2,1-8H3. The van der Waals surface area contributed by atoms with Crippen molar-refractivity contribution >= 4 is 40.7 Å². The lowest BCUT2D eigenvalue weighted by Crippen LogP contribution is -2.37. The van der Waals surface area contributed by atoms with Crippen LogP contribution in [0.5, 0.6) is 5.06 Å². The van der Waals surface area contributed by atoms with E-state index in [9.17, 15) is 9.59 Å². The molecule has 0 saturated heterocycles. The Hall–Kier alpha value is -3.01. The highest BCUT2D eigenvalue weighted by molar-refractivity contribution is 7.08. The Labute approximate surface area is 198 Å². The third-order valence-electron chi connectivity index (χ3n) is 5.51. The second-order valence-electron chi connectivity index (χ2n) is 7.46. The lowest BCUT2D eigenvalue weighted by molar-refractivity contribution is -0.140. The average molecular weight is 477 g/mol. The fourth-order valence-corrected chi connectivity index (χ4v) is 4.36. The van der Waals surface area contributed by atoms with Crippen molar-refractivity contribution in [3.63, 3.8) is 0 Å². The number of methoxy groups -OCH3 is 2. The number of benzene rings is 1. The van der Waals surface area contributed by atoms with Crippen LogP contribution in [0.3, 0.4) is 0 Å². The first-order valence-electron chi connectivity index (χ1n) is 10.7. The largest absolute Gasteiger partial charge is 0.483 e. The van der Waals surface area contributed by atoms with Gasteiger partial charge in [-0.2, -0.15) is 4.37 Å². The zero-order chi connectivity index (χ0) is 24.7. The minimum absolute atomic E-state index is 0.0720. The molecule has 2 aromatic rings. The molecule has 0 bridgehead atoms. The molecule has 1 aromatic heterocycles. The molecular weight excluding hydrogens is 444 g/mol. The van der Waals surface area contributed by atoms with E-state index in [-0.39, 0.29) is 13.1 Å². The predicted molar refractivity (Wildman–Crippen MR) is 128 cm³/mol. The highest BCUT2D eigenvalue weighted by Gasteiger charge is 2.25. The number of hydrogen-bond donors (Lipinski definition) is 0. The van der Waals surface area contributed by atoms with Gasteiger partial charge in [0.2, 0.25) is 0 Å². The number of azo groups is 1. The van der Waals surface area contributed by atoms with Gasteiger partial charge in [0.05, 0.1) is 32.1 Å². The van der Waals surface area contributed by atoms with Crippen LogP contribution in [0.25, 0.3) is 0 Å². The minimum atomic E-state index is -0.441. The zero-order valence-electron chi connectivity index (χ0n) is 20.6. The summed E-state index contributed by atoms with van der Waals surface area (Å²) in [5.41, 5.74) is 6.12. The second-order valence-corrected chi connectivity index (χ2v) is 8.20. The van der Waals surface area contributed by atoms with Crippen LogP contribution in [0.1, 0.15) is 41.7 Å². The Balaban J connectivity index is 2.58. The fraction of sp³-hybridized carbons (Fsp3) is 0.522. The lowest BCUT2D eigenvalue weighted by atomic mass is 9.93. The molecule has 1 aromatic carbocycles. The molecule has 0 saturated carbocycles. The first kappa shape index (κ1) is 26.2. The maximum atomic E-state index is 12.1. The van der Waals surface area contributed by atoms with Crippen molar-refractivity contribution in [2.45, 2.75) is 48.0 Å². The summed E-state index contributed by atoms with van der Waals surface area (Å²) in [5, 5.41) is 9.68. The average Bonchev–Trinajstić information content (AvgIpc) is 3.14. The van der Waals surface area contributed by atoms with Gasteiger partial charge in [-0.1, -0.05) is 6.92 Å². The van der Waals surface area contributed by atoms with Crippen molar-refractivity contribution in [1.29, 1.82) is 0 Å². The van der Waals surface area contributed by atoms with Crippen LogP contribution in [0.15, 0.2) is 10.2 Å². The molecule has 9 nitrogen and oxygen atoms in total. The summed E-state index contributed by atoms with van der Waals surface area (Å²) < 4.78 is 19.6. The molecule has 0 amide bonds. The van der Waals surface area contributed by atoms with Crippen LogP contribution >= 0.6 is 11.5 Å². The smallest absolute Gasteiger partial charge is 0.325 e. The predicted octanol–water partition coefficient (Wildman–Crippen LogP) is 4.91. The zero-order valence-corrected chi connectivity index (χ0v) is 21.4. The normalized spacial score (nSPS) is 11.0. The number of aromatic nitrogens is 1. The lowest BCUT2D eigenvalue weighted by Gasteiger charge is -2.29. The van der Waals surface area contributed by atoms with E-state index in [4.69, 9.17) is 14.2 Å². The molecule has 0 aliphatic rings. The molecule has 2 rings (SSSR count). The van der Waals surface area contributed by atoms with Crippen LogP contribution in [0.2, 0.25) is 0 Å². The monoisotopic (exact) mass is 476 g/mol. The Morgan fingerprint density at radius 1 is 0.909 bits per heavy atom. The molecule has 0 N–H and O–H groups in total. The van der Waals surface area contributed by atoms with E-state index < -0.39 is 11.9 Å². The van der Waals surface area contributed by atoms with Crippen molar-refractivity contribution in [1.82, 2.24) is 4.37 Å². The van der Waals surface area contributed by atoms with Crippen LogP contribution in [0, 0.1) is 27.7 Å². The second kappa shape index (κ2) is 11.7. The van der Waals surface area contributed by atoms with Crippen molar-refractivity contribution in [2.24, 2.45) is 10.2 Å². The van der Waals surface area contributed by atoms with Gasteiger partial charge >= 0.3 is 11.9 Å². The first-order chi connectivity index (χ1) is 15.7. The van der Waals surface area contributed by atoms with E-state index in [0.717, 1.165) is 44.3 Å². The van der Waals surface area contributed by atoms with Crippen LogP contribution in [-0.2, 0) is 25.5 Å². The number of rotatable bonds is 10. The van der Waals surface area contributed by atoms with Gasteiger partial charge in [0.1, 0.15) is 13.1 Å². The molecule has 0 aliphatic heterocycles. The summed E-state index contributed by atoms with van der Waals surface area (Å²) in [6.07, 6.45) is 0.674. The molecular formula is C23H32N4O5S. The van der Waals surface area contributed by atoms with Gasteiger partial charge in [-0.25, -0.2) is 0 Å². The van der Waals surface area contributed by atoms with Gasteiger partial charge in [-0.05, 0) is 63.3 Å². The van der Waals surface area contributed by atoms with Gasteiger partial charge in [0.15, 0.2) is 10.9 Å². The van der Waals surface area contributed by atoms with Gasteiger partial charge in [-0.3, -0.25) is 9.59 Å². The maximum Gasteiger partial charge on any atom is 0.325 e. The van der Waals surface area contributed by atoms with Crippen LogP contribution < -0.4 is 9.64 Å². The van der Waals surface area contributed by atoms with Crippen molar-refractivity contribution in [3.05, 3.63) is 27.8 Å². The summed E-state index contributed by atoms with van der Waals surface area (Å²) >= 11 is 1.26. The molecule has 0 unspecified atom stereocenters. The Morgan fingerprint density at radius 2 is 1.52 bits per heavy atom. The highest BCUT2D eigenvalue weighted by Crippen LogP contribution is 2.40. The SMILES string of the molecule is CCOc1snc(N=Nc2c(C)c(C)c(N(CC(=O)OC)CC(=O)OC)c(CC)c2C)c1C. The van der Waals surface area contributed by atoms with Crippen molar-refractivity contribution < 1.29 is 23.8 Å². The molecule has 0 aliphatic carbocycles. The Kier molecular flexibility index (Phi) is 9.33. The van der Waals surface area contributed by atoms with Gasteiger partial charge in [0, 0.05) is 17.2 Å². The first-order valence-corrected chi connectivity index (χ1v) is 11.5. The third-order valence-corrected chi connectivity index (χ3v) is 6.36. The number of nitrogens with zero attached hydrogens (tertiary/aromatic N) is 4. The summed E-state index contributed by atoms with van der Waals surface area (Å²) in [6.45, 7) is 12.1. The van der Waals surface area contributed by atoms with Gasteiger partial charge in [-0.15, -0.1) is 10.2 Å². The van der Waals surface area contributed by atoms with E-state index in [1.165, 1.54) is 25.8 Å². The molecule has 10 heteroatoms. The molecule has 0 spiro atoms. The van der Waals surface area contributed by atoms with Gasteiger partial charge < -0.3 is 19.1 Å². The van der Waals surface area contributed by atoms with E-state index >= 15 is 0 Å². The Bertz CT molecular complexity index is 1030. The molecule has 1 heterocycles. The third kappa shape index (κ3) is 5.87. The molecule has 0 fully saturated rings. The minimum Gasteiger partial charge on any atom is -0.483 e. The number of hydrogen-bond acceptors (Lipinski definition) is 10. The van der Waals surface area contributed by atoms with E-state index in [1.54, 1.807) is 4.90 Å². The Morgan fingerprint density at radius 3 is 2.03 bits per heavy atom. The maximum absolute atomic E-state index is 12.1. The van der Waals surface area contributed by atoms with E-state index in [0.29, 0.717) is 18.8 Å². The summed E-state index contributed by atoms with van der Waals surface area (Å²) in [5.74, 6) is -0.355. The number of carbonyl (C=O) groups excluding carboxylic acids is 2. The highest BCUT2D eigenvalue weighted by atomic mass is 32.1. The number of ether oxygens (including phenoxy) is 3. The molecule has 180 valence electrons. The molecule has 33 heavy (non-hydrogen) atoms. The summed E-state index contributed by atoms with van der Waals surface area (Å²) in [4.78, 5) is 25.9. The van der Waals surface area contributed by atoms with Crippen LogP contribution in [-0.4, -0.2) is 50.2 Å². The molecule has 0 atom stereocenters. The number of anilines is 1. The van der Waals surface area contributed by atoms with Crippen molar-refractivity contribution in [2.75, 3.05) is 38.8 Å². The fourth-order valence-electron chi connectivity index (χ4n) is 3.62. The number of carbonyl (C=O) groups is 2. The van der Waals surface area contributed by atoms with Crippen LogP contribution in [0.4, 0.5) is 17.2 Å². The summed E-state index contributed by atoms with van der Waals surface area (Å²) in [7, 11) is 2.65. The molecule has 0 radical (unpaired) electrons. The topological polar surface area (TPSA) is 103 Å². The van der Waals surface area contributed by atoms with Crippen molar-refractivity contribution in [3.8, 4) is 5.06 Å². The number of esters is 2. The summed E-state index contributed by atoms with van der Waals surface area (Å²) in [6, 6.07) is 0. The van der Waals surface area contributed by atoms with E-state index in [2.05, 4.69) is 14.6 Å². The quantitative estimate of drug-likeness (QED) is 0.355.